The Morgan fingerprint density at radius 3 is 2.52 bits per heavy atom. The molecule has 0 bridgehead atoms. The number of aromatic nitrogens is 4. The highest BCUT2D eigenvalue weighted by atomic mass is 79.9. The van der Waals surface area contributed by atoms with Crippen LogP contribution in [0.5, 0.6) is 11.5 Å². The number of carbonyl (C=O) groups is 2. The van der Waals surface area contributed by atoms with E-state index in [9.17, 15) is 9.59 Å². The molecule has 1 atom stereocenters. The number of nitrogens with two attached hydrogens (primary N) is 1. The number of likely N-dealkylation sites (N-methyl/N-ethyl adjacent to an activating group) is 1. The number of carbonyl (C=O) groups excluding carboxylic acids is 2. The van der Waals surface area contributed by atoms with E-state index in [1.165, 1.54) is 16.7 Å². The highest BCUT2D eigenvalue weighted by Crippen LogP contribution is 2.43. The van der Waals surface area contributed by atoms with Gasteiger partial charge in [-0.05, 0) is 91.7 Å². The van der Waals surface area contributed by atoms with E-state index in [2.05, 4.69) is 25.9 Å². The average molecular weight is 691 g/mol. The Hall–Kier alpha value is -3.26. The molecular formula is C30H40BrN7O5S. The molecule has 4 aliphatic rings. The molecule has 0 radical (unpaired) electrons. The van der Waals surface area contributed by atoms with E-state index in [4.69, 9.17) is 24.9 Å². The smallest absolute Gasteiger partial charge is 0.410 e. The Balaban J connectivity index is 1.20. The van der Waals surface area contributed by atoms with Crippen LogP contribution >= 0.6 is 27.7 Å². The summed E-state index contributed by atoms with van der Waals surface area (Å²) in [5.74, 6) is 2.76. The van der Waals surface area contributed by atoms with Crippen molar-refractivity contribution in [2.75, 3.05) is 32.7 Å². The molecule has 238 valence electrons. The van der Waals surface area contributed by atoms with Gasteiger partial charge in [0.25, 0.3) is 0 Å². The first-order valence-corrected chi connectivity index (χ1v) is 16.4. The van der Waals surface area contributed by atoms with E-state index in [-0.39, 0.29) is 18.6 Å². The average Bonchev–Trinajstić information content (AvgIpc) is 3.59. The molecule has 2 amide bonds. The first-order valence-electron chi connectivity index (χ1n) is 14.8. The second-order valence-electron chi connectivity index (χ2n) is 12.6. The number of benzene rings is 1. The highest BCUT2D eigenvalue weighted by Gasteiger charge is 2.36. The molecule has 1 fully saturated rings. The number of fused-ring (bicyclic) bond motifs is 2. The molecule has 2 N–H and O–H groups in total. The van der Waals surface area contributed by atoms with Crippen molar-refractivity contribution in [3.8, 4) is 23.0 Å². The van der Waals surface area contributed by atoms with Crippen molar-refractivity contribution >= 4 is 45.5 Å². The largest absolute Gasteiger partial charge is 0.454 e. The summed E-state index contributed by atoms with van der Waals surface area (Å²) in [5, 5.41) is 0.566. The van der Waals surface area contributed by atoms with Crippen LogP contribution in [0.3, 0.4) is 0 Å². The van der Waals surface area contributed by atoms with E-state index in [1.54, 1.807) is 13.4 Å². The quantitative estimate of drug-likeness (QED) is 0.322. The minimum atomic E-state index is -0.628. The van der Waals surface area contributed by atoms with Crippen molar-refractivity contribution in [3.63, 3.8) is 0 Å². The van der Waals surface area contributed by atoms with Crippen molar-refractivity contribution in [3.05, 3.63) is 22.9 Å². The van der Waals surface area contributed by atoms with E-state index in [0.717, 1.165) is 28.6 Å². The van der Waals surface area contributed by atoms with Gasteiger partial charge in [0, 0.05) is 36.1 Å². The third-order valence-corrected chi connectivity index (χ3v) is 9.63. The summed E-state index contributed by atoms with van der Waals surface area (Å²) >= 11 is 5.01. The van der Waals surface area contributed by atoms with Crippen LogP contribution in [0.1, 0.15) is 53.9 Å². The van der Waals surface area contributed by atoms with Crippen molar-refractivity contribution < 1.29 is 23.8 Å². The second-order valence-corrected chi connectivity index (χ2v) is 14.4. The lowest BCUT2D eigenvalue weighted by Gasteiger charge is -2.38. The number of nitrogens with zero attached hydrogens (tertiary/aromatic N) is 6. The molecule has 0 unspecified atom stereocenters. The molecule has 44 heavy (non-hydrogen) atoms. The third-order valence-electron chi connectivity index (χ3n) is 7.79. The molecule has 1 saturated heterocycles. The molecule has 0 spiro atoms. The van der Waals surface area contributed by atoms with Crippen LogP contribution in [0.25, 0.3) is 11.5 Å². The molecule has 0 aromatic heterocycles. The molecule has 4 heterocycles. The van der Waals surface area contributed by atoms with Crippen LogP contribution in [0.2, 0.25) is 0 Å². The first-order chi connectivity index (χ1) is 20.8. The van der Waals surface area contributed by atoms with Gasteiger partial charge >= 0.3 is 6.09 Å². The van der Waals surface area contributed by atoms with Crippen molar-refractivity contribution in [1.82, 2.24) is 29.3 Å². The maximum absolute atomic E-state index is 13.5. The van der Waals surface area contributed by atoms with E-state index in [0.29, 0.717) is 59.5 Å². The number of hydrogen-bond donors (Lipinski definition) is 1. The van der Waals surface area contributed by atoms with Gasteiger partial charge in [-0.1, -0.05) is 13.8 Å². The molecule has 1 aromatic rings. The normalized spacial score (nSPS) is 16.0. The maximum Gasteiger partial charge on any atom is 0.410 e. The molecule has 4 aliphatic heterocycles. The lowest BCUT2D eigenvalue weighted by atomic mass is 9.92. The summed E-state index contributed by atoms with van der Waals surface area (Å²) in [7, 11) is 1.65. The van der Waals surface area contributed by atoms with Gasteiger partial charge in [0.1, 0.15) is 11.6 Å². The van der Waals surface area contributed by atoms with Crippen LogP contribution in [-0.4, -0.2) is 79.9 Å². The Morgan fingerprint density at radius 2 is 1.86 bits per heavy atom. The van der Waals surface area contributed by atoms with Crippen LogP contribution in [0.4, 0.5) is 10.6 Å². The van der Waals surface area contributed by atoms with Crippen molar-refractivity contribution in [2.45, 2.75) is 82.1 Å². The van der Waals surface area contributed by atoms with Crippen LogP contribution in [-0.2, 0) is 16.1 Å². The fourth-order valence-electron chi connectivity index (χ4n) is 5.51. The lowest BCUT2D eigenvalue weighted by Crippen LogP contribution is -2.54. The number of amides is 2. The minimum absolute atomic E-state index is 0.0307. The monoisotopic (exact) mass is 689 g/mol. The van der Waals surface area contributed by atoms with E-state index < -0.39 is 17.7 Å². The number of rotatable bonds is 8. The molecule has 14 heteroatoms. The molecule has 5 rings (SSSR count). The molecular weight excluding hydrogens is 650 g/mol. The number of imidazole rings is 1. The number of likely N-dealkylation sites (tertiary alicyclic amines) is 1. The van der Waals surface area contributed by atoms with Crippen LogP contribution < -0.4 is 15.2 Å². The Morgan fingerprint density at radius 1 is 1.18 bits per heavy atom. The molecule has 0 aliphatic carbocycles. The molecule has 0 saturated carbocycles. The summed E-state index contributed by atoms with van der Waals surface area (Å²) in [6.07, 6.45) is 3.90. The van der Waals surface area contributed by atoms with Crippen molar-refractivity contribution in [2.24, 2.45) is 11.8 Å². The predicted octanol–water partition coefficient (Wildman–Crippen LogP) is 5.52. The summed E-state index contributed by atoms with van der Waals surface area (Å²) in [6.45, 7) is 11.6. The highest BCUT2D eigenvalue weighted by molar-refractivity contribution is 9.10. The number of anilines is 1. The topological polar surface area (TPSA) is 138 Å². The van der Waals surface area contributed by atoms with Gasteiger partial charge in [-0.15, -0.1) is 0 Å². The zero-order valence-corrected chi connectivity index (χ0v) is 28.4. The predicted molar refractivity (Wildman–Crippen MR) is 170 cm³/mol. The summed E-state index contributed by atoms with van der Waals surface area (Å²) in [4.78, 5) is 44.3. The van der Waals surface area contributed by atoms with Crippen LogP contribution in [0.15, 0.2) is 33.0 Å². The number of halogens is 1. The van der Waals surface area contributed by atoms with Gasteiger partial charge < -0.3 is 29.4 Å². The fraction of sp³-hybridized carbons (Fsp3) is 0.567. The third kappa shape index (κ3) is 7.17. The van der Waals surface area contributed by atoms with Crippen LogP contribution in [0, 0.1) is 11.8 Å². The minimum Gasteiger partial charge on any atom is -0.454 e. The van der Waals surface area contributed by atoms with Gasteiger partial charge in [-0.3, -0.25) is 9.69 Å². The number of aryl methyl sites for hydroxylation is 1. The van der Waals surface area contributed by atoms with E-state index in [1.807, 2.05) is 56.2 Å². The Bertz CT molecular complexity index is 1480. The maximum atomic E-state index is 13.5. The molecule has 12 nitrogen and oxygen atoms in total. The van der Waals surface area contributed by atoms with Gasteiger partial charge in [-0.2, -0.15) is 0 Å². The number of nitrogen functional groups attached to an aromatic ring is 1. The summed E-state index contributed by atoms with van der Waals surface area (Å²) < 4.78 is 19.4. The summed E-state index contributed by atoms with van der Waals surface area (Å²) in [5.41, 5.74) is 6.12. The zero-order valence-electron chi connectivity index (χ0n) is 26.0. The SMILES string of the molecule is CC(C)[C@@H](C(=O)N1CCC(CCn2cnc(N)c3nc(Sc4cc5c(cc4Br)OCO5)nc2-3)CC1)N(C)C(=O)OC(C)(C)C. The van der Waals surface area contributed by atoms with Gasteiger partial charge in [0.2, 0.25) is 12.7 Å². The molecule has 1 aromatic carbocycles. The van der Waals surface area contributed by atoms with Gasteiger partial charge in [0.05, 0.1) is 6.33 Å². The standard InChI is InChI=1S/C30H40BrN7O5S/c1-17(2)24(36(6)29(40)43-30(3,4)5)27(39)37-10-7-18(8-11-37)9-12-38-15-33-25(32)23-26(38)35-28(34-23)44-22-14-21-20(13-19(22)31)41-16-42-21/h13-15,17-18,24H,7-12,16,32H2,1-6H3/t24-/m0/s1. The number of ether oxygens (including phenoxy) is 3. The second kappa shape index (κ2) is 13.0. The van der Waals surface area contributed by atoms with Crippen molar-refractivity contribution in [1.29, 1.82) is 0 Å². The Labute approximate surface area is 270 Å². The number of hydrogen-bond acceptors (Lipinski definition) is 10. The van der Waals surface area contributed by atoms with Gasteiger partial charge in [-0.25, -0.2) is 19.7 Å². The zero-order chi connectivity index (χ0) is 31.8. The Kier molecular flexibility index (Phi) is 9.49. The summed E-state index contributed by atoms with van der Waals surface area (Å²) in [6, 6.07) is 3.21. The fourth-order valence-corrected chi connectivity index (χ4v) is 6.87. The van der Waals surface area contributed by atoms with E-state index >= 15 is 0 Å². The number of piperidine rings is 1. The van der Waals surface area contributed by atoms with Gasteiger partial charge in [0.15, 0.2) is 34.0 Å². The first kappa shape index (κ1) is 32.1. The lowest BCUT2D eigenvalue weighted by molar-refractivity contribution is -0.139.